The Hall–Kier alpha value is -0.0400. The third kappa shape index (κ3) is 2.45. The molecule has 1 atom stereocenters. The minimum absolute atomic E-state index is 0.363. The van der Waals surface area contributed by atoms with Crippen molar-refractivity contribution in [1.82, 2.24) is 4.90 Å². The monoisotopic (exact) mass is 223 g/mol. The lowest BCUT2D eigenvalue weighted by Crippen LogP contribution is -2.40. The summed E-state index contributed by atoms with van der Waals surface area (Å²) in [6, 6.07) is 0. The number of nitrogens with zero attached hydrogens (tertiary/aromatic N) is 1. The zero-order valence-corrected chi connectivity index (χ0v) is 12.1. The van der Waals surface area contributed by atoms with Gasteiger partial charge in [-0.15, -0.1) is 0 Å². The molecule has 1 heterocycles. The second kappa shape index (κ2) is 3.48. The van der Waals surface area contributed by atoms with Crippen molar-refractivity contribution in [3.63, 3.8) is 0 Å². The average Bonchev–Trinajstić information content (AvgIpc) is 2.69. The number of rotatable bonds is 1. The summed E-state index contributed by atoms with van der Waals surface area (Å²) in [5.41, 5.74) is 1.58. The second-order valence-corrected chi connectivity index (χ2v) is 8.38. The fourth-order valence-electron chi connectivity index (χ4n) is 3.29. The van der Waals surface area contributed by atoms with Crippen molar-refractivity contribution in [1.29, 1.82) is 0 Å². The molecule has 0 bridgehead atoms. The van der Waals surface area contributed by atoms with Gasteiger partial charge in [0.15, 0.2) is 0 Å². The van der Waals surface area contributed by atoms with Gasteiger partial charge in [-0.3, -0.25) is 4.90 Å². The van der Waals surface area contributed by atoms with E-state index in [-0.39, 0.29) is 0 Å². The smallest absolute Gasteiger partial charge is 0.0125 e. The summed E-state index contributed by atoms with van der Waals surface area (Å²) in [7, 11) is 0. The van der Waals surface area contributed by atoms with Crippen molar-refractivity contribution < 1.29 is 0 Å². The van der Waals surface area contributed by atoms with Crippen LogP contribution in [0.5, 0.6) is 0 Å². The van der Waals surface area contributed by atoms with Crippen LogP contribution in [0, 0.1) is 16.7 Å². The van der Waals surface area contributed by atoms with Crippen LogP contribution >= 0.6 is 0 Å². The third-order valence-electron chi connectivity index (χ3n) is 4.51. The first kappa shape index (κ1) is 12.4. The van der Waals surface area contributed by atoms with Crippen molar-refractivity contribution in [3.8, 4) is 0 Å². The van der Waals surface area contributed by atoms with Crippen molar-refractivity contribution in [2.24, 2.45) is 16.7 Å². The Bertz CT molecular complexity index is 262. The first-order chi connectivity index (χ1) is 7.12. The van der Waals surface area contributed by atoms with Crippen molar-refractivity contribution in [2.75, 3.05) is 13.1 Å². The fraction of sp³-hybridized carbons (Fsp3) is 1.00. The first-order valence-electron chi connectivity index (χ1n) is 6.88. The van der Waals surface area contributed by atoms with E-state index in [4.69, 9.17) is 0 Å². The lowest BCUT2D eigenvalue weighted by molar-refractivity contribution is 0.160. The number of hydrogen-bond acceptors (Lipinski definition) is 1. The van der Waals surface area contributed by atoms with Crippen LogP contribution in [0.3, 0.4) is 0 Å². The van der Waals surface area contributed by atoms with E-state index in [1.165, 1.54) is 32.4 Å². The van der Waals surface area contributed by atoms with Crippen LogP contribution in [0.2, 0.25) is 0 Å². The molecule has 1 saturated heterocycles. The minimum atomic E-state index is 0.363. The molecule has 1 heteroatoms. The van der Waals surface area contributed by atoms with Gasteiger partial charge < -0.3 is 0 Å². The molecule has 1 unspecified atom stereocenters. The molecular weight excluding hydrogens is 194 g/mol. The van der Waals surface area contributed by atoms with Gasteiger partial charge >= 0.3 is 0 Å². The molecule has 0 radical (unpaired) electrons. The summed E-state index contributed by atoms with van der Waals surface area (Å²) in [6.45, 7) is 17.0. The standard InChI is InChI=1S/C15H29N/c1-13(2,3)9-12-10-16(14(4,5)6)11-15(12)7-8-15/h12H,7-11H2,1-6H3. The van der Waals surface area contributed by atoms with E-state index in [1.54, 1.807) is 0 Å². The van der Waals surface area contributed by atoms with Gasteiger partial charge in [-0.1, -0.05) is 20.8 Å². The van der Waals surface area contributed by atoms with Crippen molar-refractivity contribution >= 4 is 0 Å². The molecule has 0 aromatic carbocycles. The molecule has 94 valence electrons. The van der Waals surface area contributed by atoms with Gasteiger partial charge in [-0.05, 0) is 56.8 Å². The molecule has 0 aromatic heterocycles. The first-order valence-corrected chi connectivity index (χ1v) is 6.88. The van der Waals surface area contributed by atoms with E-state index in [0.717, 1.165) is 11.3 Å². The van der Waals surface area contributed by atoms with Gasteiger partial charge in [0.2, 0.25) is 0 Å². The van der Waals surface area contributed by atoms with E-state index < -0.39 is 0 Å². The van der Waals surface area contributed by atoms with Crippen LogP contribution < -0.4 is 0 Å². The summed E-state index contributed by atoms with van der Waals surface area (Å²) in [6.07, 6.45) is 4.38. The zero-order valence-electron chi connectivity index (χ0n) is 12.1. The van der Waals surface area contributed by atoms with Crippen LogP contribution in [0.25, 0.3) is 0 Å². The van der Waals surface area contributed by atoms with Gasteiger partial charge in [0.05, 0.1) is 0 Å². The predicted molar refractivity (Wildman–Crippen MR) is 70.6 cm³/mol. The maximum absolute atomic E-state index is 2.72. The molecule has 2 aliphatic rings. The van der Waals surface area contributed by atoms with Crippen LogP contribution in [0.1, 0.15) is 60.8 Å². The Kier molecular flexibility index (Phi) is 2.70. The Balaban J connectivity index is 2.05. The summed E-state index contributed by atoms with van der Waals surface area (Å²) in [4.78, 5) is 2.72. The van der Waals surface area contributed by atoms with E-state index in [2.05, 4.69) is 46.4 Å². The highest BCUT2D eigenvalue weighted by molar-refractivity contribution is 5.08. The number of hydrogen-bond donors (Lipinski definition) is 0. The van der Waals surface area contributed by atoms with Gasteiger partial charge in [0.25, 0.3) is 0 Å². The summed E-state index contributed by atoms with van der Waals surface area (Å²) in [5, 5.41) is 0. The SMILES string of the molecule is CC(C)(C)CC1CN(C(C)(C)C)CC12CC2. The highest BCUT2D eigenvalue weighted by Crippen LogP contribution is 2.59. The highest BCUT2D eigenvalue weighted by Gasteiger charge is 2.56. The second-order valence-electron chi connectivity index (χ2n) is 8.38. The molecule has 0 amide bonds. The van der Waals surface area contributed by atoms with E-state index in [0.29, 0.717) is 11.0 Å². The molecule has 16 heavy (non-hydrogen) atoms. The Morgan fingerprint density at radius 1 is 1.06 bits per heavy atom. The molecule has 1 nitrogen and oxygen atoms in total. The molecule has 1 aliphatic carbocycles. The molecule has 1 spiro atoms. The zero-order chi connectivity index (χ0) is 12.2. The largest absolute Gasteiger partial charge is 0.298 e. The van der Waals surface area contributed by atoms with Gasteiger partial charge in [-0.25, -0.2) is 0 Å². The molecule has 0 N–H and O–H groups in total. The van der Waals surface area contributed by atoms with E-state index in [9.17, 15) is 0 Å². The maximum Gasteiger partial charge on any atom is 0.0125 e. The molecular formula is C15H29N. The minimum Gasteiger partial charge on any atom is -0.298 e. The van der Waals surface area contributed by atoms with Crippen LogP contribution in [-0.2, 0) is 0 Å². The fourth-order valence-corrected chi connectivity index (χ4v) is 3.29. The Labute approximate surface area is 102 Å². The van der Waals surface area contributed by atoms with E-state index in [1.807, 2.05) is 0 Å². The van der Waals surface area contributed by atoms with Crippen molar-refractivity contribution in [3.05, 3.63) is 0 Å². The average molecular weight is 223 g/mol. The lowest BCUT2D eigenvalue weighted by Gasteiger charge is -2.32. The molecule has 2 fully saturated rings. The van der Waals surface area contributed by atoms with Crippen LogP contribution in [0.15, 0.2) is 0 Å². The third-order valence-corrected chi connectivity index (χ3v) is 4.51. The summed E-state index contributed by atoms with van der Waals surface area (Å²) >= 11 is 0. The number of likely N-dealkylation sites (tertiary alicyclic amines) is 1. The molecule has 1 saturated carbocycles. The van der Waals surface area contributed by atoms with Crippen LogP contribution in [-0.4, -0.2) is 23.5 Å². The predicted octanol–water partition coefficient (Wildman–Crippen LogP) is 3.93. The van der Waals surface area contributed by atoms with Crippen molar-refractivity contribution in [2.45, 2.75) is 66.3 Å². The lowest BCUT2D eigenvalue weighted by atomic mass is 9.78. The van der Waals surface area contributed by atoms with E-state index >= 15 is 0 Å². The Morgan fingerprint density at radius 3 is 2.00 bits per heavy atom. The topological polar surface area (TPSA) is 3.24 Å². The molecule has 2 rings (SSSR count). The van der Waals surface area contributed by atoms with Gasteiger partial charge in [0, 0.05) is 18.6 Å². The summed E-state index contributed by atoms with van der Waals surface area (Å²) < 4.78 is 0. The summed E-state index contributed by atoms with van der Waals surface area (Å²) in [5.74, 6) is 0.951. The normalized spacial score (nSPS) is 30.0. The van der Waals surface area contributed by atoms with Gasteiger partial charge in [-0.2, -0.15) is 0 Å². The maximum atomic E-state index is 2.72. The molecule has 1 aliphatic heterocycles. The highest BCUT2D eigenvalue weighted by atomic mass is 15.2. The van der Waals surface area contributed by atoms with Crippen LogP contribution in [0.4, 0.5) is 0 Å². The Morgan fingerprint density at radius 2 is 1.62 bits per heavy atom. The molecule has 0 aromatic rings. The van der Waals surface area contributed by atoms with Gasteiger partial charge in [0.1, 0.15) is 0 Å². The quantitative estimate of drug-likeness (QED) is 0.651.